The number of nitrogens with zero attached hydrogens (tertiary/aromatic N) is 2. The number of halogens is 1. The van der Waals surface area contributed by atoms with E-state index in [4.69, 9.17) is 9.47 Å². The monoisotopic (exact) mass is 494 g/mol. The second-order valence-corrected chi connectivity index (χ2v) is 9.47. The molecule has 172 valence electrons. The lowest BCUT2D eigenvalue weighted by atomic mass is 10.1. The molecule has 0 unspecified atom stereocenters. The number of piperidine rings is 1. The molecule has 0 amide bonds. The van der Waals surface area contributed by atoms with E-state index in [0.29, 0.717) is 12.4 Å². The maximum Gasteiger partial charge on any atom is 0.310 e. The van der Waals surface area contributed by atoms with Gasteiger partial charge in [-0.05, 0) is 48.2 Å². The van der Waals surface area contributed by atoms with Crippen molar-refractivity contribution in [2.45, 2.75) is 31.5 Å². The average Bonchev–Trinajstić information content (AvgIpc) is 3.51. The molecular weight excluding hydrogens is 468 g/mol. The van der Waals surface area contributed by atoms with Gasteiger partial charge >= 0.3 is 5.69 Å². The number of ether oxygens (including phenoxy) is 2. The van der Waals surface area contributed by atoms with Crippen LogP contribution in [0.5, 0.6) is 5.75 Å². The van der Waals surface area contributed by atoms with Gasteiger partial charge in [-0.1, -0.05) is 24.3 Å². The number of nitro benzene ring substituents is 1. The maximum absolute atomic E-state index is 11.1. The maximum atomic E-state index is 11.1. The van der Waals surface area contributed by atoms with Gasteiger partial charge in [0.1, 0.15) is 6.10 Å². The molecule has 6 nitrogen and oxygen atoms in total. The first-order chi connectivity index (χ1) is 15.2. The highest BCUT2D eigenvalue weighted by molar-refractivity contribution is 7.11. The molecule has 1 aliphatic rings. The number of likely N-dealkylation sites (tertiary alicyclic amines) is 1. The Balaban J connectivity index is 0.00000289. The van der Waals surface area contributed by atoms with Crippen molar-refractivity contribution in [3.05, 3.63) is 79.2 Å². The molecule has 1 fully saturated rings. The molecule has 9 heteroatoms. The van der Waals surface area contributed by atoms with Gasteiger partial charge in [0, 0.05) is 35.5 Å². The number of hydrogen-bond acceptors (Lipinski definition) is 7. The van der Waals surface area contributed by atoms with Crippen molar-refractivity contribution in [3.63, 3.8) is 0 Å². The Morgan fingerprint density at radius 1 is 1.03 bits per heavy atom. The zero-order chi connectivity index (χ0) is 21.5. The Morgan fingerprint density at radius 2 is 1.69 bits per heavy atom. The van der Waals surface area contributed by atoms with E-state index in [1.807, 2.05) is 0 Å². The summed E-state index contributed by atoms with van der Waals surface area (Å²) in [6.07, 6.45) is 3.15. The number of hydrogen-bond donors (Lipinski definition) is 0. The van der Waals surface area contributed by atoms with E-state index >= 15 is 0 Å². The third-order valence-corrected chi connectivity index (χ3v) is 7.24. The molecule has 0 bridgehead atoms. The molecule has 0 radical (unpaired) electrons. The van der Waals surface area contributed by atoms with Crippen LogP contribution in [-0.4, -0.2) is 42.2 Å². The van der Waals surface area contributed by atoms with E-state index in [-0.39, 0.29) is 30.3 Å². The first kappa shape index (κ1) is 24.7. The first-order valence-corrected chi connectivity index (χ1v) is 12.3. The summed E-state index contributed by atoms with van der Waals surface area (Å²) in [5.41, 5.74) is 0.0199. The molecule has 0 saturated carbocycles. The van der Waals surface area contributed by atoms with Crippen molar-refractivity contribution in [3.8, 4) is 5.75 Å². The van der Waals surface area contributed by atoms with Crippen LogP contribution in [0.1, 0.15) is 35.1 Å². The SMILES string of the molecule is Cl.O=[N+]([O-])c1ccccc1OCCCN1CCC(OC(c2cccs2)c2cccs2)CC1. The summed E-state index contributed by atoms with van der Waals surface area (Å²) < 4.78 is 12.2. The minimum Gasteiger partial charge on any atom is -0.487 e. The van der Waals surface area contributed by atoms with Crippen molar-refractivity contribution in [2.75, 3.05) is 26.2 Å². The van der Waals surface area contributed by atoms with E-state index in [1.165, 1.54) is 15.8 Å². The van der Waals surface area contributed by atoms with Gasteiger partial charge in [0.15, 0.2) is 5.75 Å². The van der Waals surface area contributed by atoms with Gasteiger partial charge in [0.25, 0.3) is 0 Å². The predicted molar refractivity (Wildman–Crippen MR) is 131 cm³/mol. The van der Waals surface area contributed by atoms with Gasteiger partial charge < -0.3 is 14.4 Å². The van der Waals surface area contributed by atoms with Crippen LogP contribution in [0.3, 0.4) is 0 Å². The lowest BCUT2D eigenvalue weighted by Gasteiger charge is -2.33. The zero-order valence-electron chi connectivity index (χ0n) is 17.6. The Hall–Kier alpha value is -1.97. The standard InChI is InChI=1S/C23H26N2O4S2.ClH/c26-25(27)19-6-1-2-7-20(19)28-15-5-12-24-13-10-18(11-14-24)29-23(21-8-3-16-30-21)22-9-4-17-31-22;/h1-4,6-9,16-18,23H,5,10-15H2;1H. The van der Waals surface area contributed by atoms with E-state index in [2.05, 4.69) is 39.9 Å². The molecule has 2 aromatic heterocycles. The van der Waals surface area contributed by atoms with Gasteiger partial charge in [0.2, 0.25) is 0 Å². The largest absolute Gasteiger partial charge is 0.487 e. The predicted octanol–water partition coefficient (Wildman–Crippen LogP) is 6.18. The lowest BCUT2D eigenvalue weighted by molar-refractivity contribution is -0.385. The summed E-state index contributed by atoms with van der Waals surface area (Å²) in [4.78, 5) is 15.6. The summed E-state index contributed by atoms with van der Waals surface area (Å²) in [7, 11) is 0. The number of benzene rings is 1. The van der Waals surface area contributed by atoms with Crippen molar-refractivity contribution < 1.29 is 14.4 Å². The molecule has 32 heavy (non-hydrogen) atoms. The van der Waals surface area contributed by atoms with Crippen LogP contribution in [-0.2, 0) is 4.74 Å². The molecule has 4 rings (SSSR count). The zero-order valence-corrected chi connectivity index (χ0v) is 20.1. The quantitative estimate of drug-likeness (QED) is 0.191. The fourth-order valence-corrected chi connectivity index (χ4v) is 5.45. The molecular formula is C23H27ClN2O4S2. The Labute approximate surface area is 202 Å². The lowest BCUT2D eigenvalue weighted by Crippen LogP contribution is -2.38. The van der Waals surface area contributed by atoms with Gasteiger partial charge in [-0.25, -0.2) is 0 Å². The van der Waals surface area contributed by atoms with Crippen LogP contribution < -0.4 is 4.74 Å². The molecule has 3 aromatic rings. The highest BCUT2D eigenvalue weighted by Crippen LogP contribution is 2.35. The fourth-order valence-electron chi connectivity index (χ4n) is 3.82. The first-order valence-electron chi connectivity index (χ1n) is 10.5. The van der Waals surface area contributed by atoms with E-state index in [9.17, 15) is 10.1 Å². The van der Waals surface area contributed by atoms with Crippen molar-refractivity contribution in [1.29, 1.82) is 0 Å². The van der Waals surface area contributed by atoms with Gasteiger partial charge in [-0.15, -0.1) is 35.1 Å². The fraction of sp³-hybridized carbons (Fsp3) is 0.391. The summed E-state index contributed by atoms with van der Waals surface area (Å²) in [6, 6.07) is 15.0. The van der Waals surface area contributed by atoms with Crippen LogP contribution in [0.4, 0.5) is 5.69 Å². The van der Waals surface area contributed by atoms with E-state index in [0.717, 1.165) is 38.9 Å². The number of nitro groups is 1. The van der Waals surface area contributed by atoms with Gasteiger partial charge in [0.05, 0.1) is 17.6 Å². The molecule has 0 spiro atoms. The van der Waals surface area contributed by atoms with Crippen molar-refractivity contribution >= 4 is 40.8 Å². The molecule has 0 N–H and O–H groups in total. The van der Waals surface area contributed by atoms with Crippen molar-refractivity contribution in [1.82, 2.24) is 4.90 Å². The number of thiophene rings is 2. The van der Waals surface area contributed by atoms with Crippen LogP contribution in [0.2, 0.25) is 0 Å². The minimum absolute atomic E-state index is 0. The molecule has 0 aliphatic carbocycles. The summed E-state index contributed by atoms with van der Waals surface area (Å²) in [5, 5.41) is 15.3. The van der Waals surface area contributed by atoms with E-state index < -0.39 is 4.92 Å². The Bertz CT molecular complexity index is 911. The summed E-state index contributed by atoms with van der Waals surface area (Å²) in [6.45, 7) is 3.39. The minimum atomic E-state index is -0.403. The average molecular weight is 495 g/mol. The molecule has 1 aliphatic heterocycles. The summed E-state index contributed by atoms with van der Waals surface area (Å²) in [5.74, 6) is 0.341. The molecule has 3 heterocycles. The topological polar surface area (TPSA) is 64.8 Å². The smallest absolute Gasteiger partial charge is 0.310 e. The van der Waals surface area contributed by atoms with Crippen LogP contribution in [0.25, 0.3) is 0 Å². The Morgan fingerprint density at radius 3 is 2.28 bits per heavy atom. The van der Waals surface area contributed by atoms with Crippen LogP contribution in [0, 0.1) is 10.1 Å². The highest BCUT2D eigenvalue weighted by Gasteiger charge is 2.25. The van der Waals surface area contributed by atoms with E-state index in [1.54, 1.807) is 40.9 Å². The van der Waals surface area contributed by atoms with Gasteiger partial charge in [-0.2, -0.15) is 0 Å². The third-order valence-electron chi connectivity index (χ3n) is 5.40. The Kier molecular flexibility index (Phi) is 9.50. The van der Waals surface area contributed by atoms with Gasteiger partial charge in [-0.3, -0.25) is 10.1 Å². The van der Waals surface area contributed by atoms with Crippen LogP contribution >= 0.6 is 35.1 Å². The van der Waals surface area contributed by atoms with Crippen molar-refractivity contribution in [2.24, 2.45) is 0 Å². The third kappa shape index (κ3) is 6.52. The highest BCUT2D eigenvalue weighted by atomic mass is 35.5. The molecule has 0 atom stereocenters. The second kappa shape index (κ2) is 12.3. The number of para-hydroxylation sites is 2. The normalized spacial score (nSPS) is 14.9. The van der Waals surface area contributed by atoms with Crippen LogP contribution in [0.15, 0.2) is 59.3 Å². The number of rotatable bonds is 10. The second-order valence-electron chi connectivity index (χ2n) is 7.51. The molecule has 1 aromatic carbocycles. The summed E-state index contributed by atoms with van der Waals surface area (Å²) >= 11 is 3.50. The molecule has 1 saturated heterocycles.